The van der Waals surface area contributed by atoms with Gasteiger partial charge in [0, 0.05) is 17.1 Å². The van der Waals surface area contributed by atoms with Crippen molar-refractivity contribution < 1.29 is 4.79 Å². The van der Waals surface area contributed by atoms with Crippen molar-refractivity contribution in [2.75, 3.05) is 12.4 Å². The van der Waals surface area contributed by atoms with Crippen LogP contribution < -0.4 is 5.32 Å². The SMILES string of the molecule is O=C(NCC1CCCCC1CCl)c1cc2ccccc2s1. The van der Waals surface area contributed by atoms with Gasteiger partial charge in [-0.15, -0.1) is 22.9 Å². The quantitative estimate of drug-likeness (QED) is 0.814. The number of benzene rings is 1. The number of hydrogen-bond donors (Lipinski definition) is 1. The molecule has 0 bridgehead atoms. The molecule has 2 unspecified atom stereocenters. The number of thiophene rings is 1. The standard InChI is InChI=1S/C17H20ClNOS/c18-10-13-6-1-2-7-14(13)11-19-17(20)16-9-12-5-3-4-8-15(12)21-16/h3-5,8-9,13-14H,1-2,6-7,10-11H2,(H,19,20). The summed E-state index contributed by atoms with van der Waals surface area (Å²) in [7, 11) is 0. The molecular formula is C17H20ClNOS. The van der Waals surface area contributed by atoms with E-state index in [1.165, 1.54) is 30.4 Å². The van der Waals surface area contributed by atoms with Crippen LogP contribution in [0.15, 0.2) is 30.3 Å². The van der Waals surface area contributed by atoms with Gasteiger partial charge < -0.3 is 5.32 Å². The lowest BCUT2D eigenvalue weighted by Crippen LogP contribution is -2.34. The lowest BCUT2D eigenvalue weighted by atomic mass is 9.80. The van der Waals surface area contributed by atoms with Gasteiger partial charge in [-0.2, -0.15) is 0 Å². The van der Waals surface area contributed by atoms with Crippen LogP contribution in [0, 0.1) is 11.8 Å². The molecule has 1 fully saturated rings. The molecule has 3 rings (SSSR count). The lowest BCUT2D eigenvalue weighted by Gasteiger charge is -2.30. The highest BCUT2D eigenvalue weighted by Gasteiger charge is 2.24. The van der Waals surface area contributed by atoms with Gasteiger partial charge in [0.15, 0.2) is 0 Å². The van der Waals surface area contributed by atoms with Crippen LogP contribution in [-0.4, -0.2) is 18.3 Å². The molecule has 4 heteroatoms. The number of fused-ring (bicyclic) bond motifs is 1. The number of alkyl halides is 1. The Kier molecular flexibility index (Phi) is 4.81. The summed E-state index contributed by atoms with van der Waals surface area (Å²) in [6.45, 7) is 0.754. The topological polar surface area (TPSA) is 29.1 Å². The van der Waals surface area contributed by atoms with Crippen LogP contribution in [0.3, 0.4) is 0 Å². The van der Waals surface area contributed by atoms with E-state index >= 15 is 0 Å². The Morgan fingerprint density at radius 3 is 2.76 bits per heavy atom. The van der Waals surface area contributed by atoms with Gasteiger partial charge in [-0.05, 0) is 42.2 Å². The fourth-order valence-electron chi connectivity index (χ4n) is 3.16. The average Bonchev–Trinajstić information content (AvgIpc) is 2.97. The molecule has 1 N–H and O–H groups in total. The summed E-state index contributed by atoms with van der Waals surface area (Å²) >= 11 is 7.61. The number of amides is 1. The fraction of sp³-hybridized carbons (Fsp3) is 0.471. The van der Waals surface area contributed by atoms with E-state index in [2.05, 4.69) is 11.4 Å². The molecule has 1 aromatic carbocycles. The molecule has 1 aromatic heterocycles. The van der Waals surface area contributed by atoms with E-state index in [0.717, 1.165) is 16.8 Å². The molecule has 1 aliphatic rings. The Balaban J connectivity index is 1.63. The van der Waals surface area contributed by atoms with Crippen molar-refractivity contribution in [3.05, 3.63) is 35.2 Å². The molecule has 21 heavy (non-hydrogen) atoms. The number of carbonyl (C=O) groups is 1. The minimum atomic E-state index is 0.0510. The van der Waals surface area contributed by atoms with Gasteiger partial charge in [-0.1, -0.05) is 31.0 Å². The summed E-state index contributed by atoms with van der Waals surface area (Å²) in [5.74, 6) is 1.86. The molecule has 1 heterocycles. The molecule has 1 saturated carbocycles. The predicted molar refractivity (Wildman–Crippen MR) is 90.3 cm³/mol. The van der Waals surface area contributed by atoms with Crippen molar-refractivity contribution in [1.29, 1.82) is 0 Å². The molecule has 2 atom stereocenters. The predicted octanol–water partition coefficient (Wildman–Crippen LogP) is 4.68. The molecule has 0 spiro atoms. The molecule has 2 nitrogen and oxygen atoms in total. The van der Waals surface area contributed by atoms with Crippen molar-refractivity contribution in [1.82, 2.24) is 5.32 Å². The molecule has 112 valence electrons. The third-order valence-electron chi connectivity index (χ3n) is 4.44. The second kappa shape index (κ2) is 6.80. The van der Waals surface area contributed by atoms with E-state index in [1.54, 1.807) is 11.3 Å². The zero-order valence-corrected chi connectivity index (χ0v) is 13.6. The van der Waals surface area contributed by atoms with Crippen molar-refractivity contribution >= 4 is 38.9 Å². The first-order valence-corrected chi connectivity index (χ1v) is 8.96. The van der Waals surface area contributed by atoms with Crippen LogP contribution in [0.2, 0.25) is 0 Å². The van der Waals surface area contributed by atoms with Gasteiger partial charge in [-0.25, -0.2) is 0 Å². The molecule has 0 saturated heterocycles. The monoisotopic (exact) mass is 321 g/mol. The number of hydrogen-bond acceptors (Lipinski definition) is 2. The van der Waals surface area contributed by atoms with E-state index in [4.69, 9.17) is 11.6 Å². The third-order valence-corrected chi connectivity index (χ3v) is 5.95. The minimum Gasteiger partial charge on any atom is -0.351 e. The van der Waals surface area contributed by atoms with Gasteiger partial charge in [0.1, 0.15) is 0 Å². The zero-order valence-electron chi connectivity index (χ0n) is 12.0. The maximum Gasteiger partial charge on any atom is 0.261 e. The average molecular weight is 322 g/mol. The first kappa shape index (κ1) is 14.9. The Labute approximate surface area is 134 Å². The van der Waals surface area contributed by atoms with E-state index < -0.39 is 0 Å². The first-order valence-electron chi connectivity index (χ1n) is 7.60. The van der Waals surface area contributed by atoms with Crippen LogP contribution in [0.4, 0.5) is 0 Å². The van der Waals surface area contributed by atoms with Crippen LogP contribution >= 0.6 is 22.9 Å². The molecule has 1 amide bonds. The highest BCUT2D eigenvalue weighted by atomic mass is 35.5. The van der Waals surface area contributed by atoms with E-state index in [1.807, 2.05) is 24.3 Å². The number of rotatable bonds is 4. The van der Waals surface area contributed by atoms with Gasteiger partial charge >= 0.3 is 0 Å². The number of halogens is 1. The van der Waals surface area contributed by atoms with Crippen LogP contribution in [0.25, 0.3) is 10.1 Å². The Morgan fingerprint density at radius 1 is 1.24 bits per heavy atom. The second-order valence-corrected chi connectivity index (χ2v) is 7.21. The Hall–Kier alpha value is -1.06. The van der Waals surface area contributed by atoms with Crippen LogP contribution in [-0.2, 0) is 0 Å². The largest absolute Gasteiger partial charge is 0.351 e. The van der Waals surface area contributed by atoms with Crippen molar-refractivity contribution in [3.8, 4) is 0 Å². The molecular weight excluding hydrogens is 302 g/mol. The van der Waals surface area contributed by atoms with Gasteiger partial charge in [0.25, 0.3) is 5.91 Å². The third kappa shape index (κ3) is 3.41. The maximum absolute atomic E-state index is 12.3. The van der Waals surface area contributed by atoms with Gasteiger partial charge in [-0.3, -0.25) is 4.79 Å². The summed E-state index contributed by atoms with van der Waals surface area (Å²) in [6, 6.07) is 10.1. The molecule has 0 aliphatic heterocycles. The van der Waals surface area contributed by atoms with Gasteiger partial charge in [0.2, 0.25) is 0 Å². The highest BCUT2D eigenvalue weighted by molar-refractivity contribution is 7.20. The fourth-order valence-corrected chi connectivity index (χ4v) is 4.55. The minimum absolute atomic E-state index is 0.0510. The zero-order chi connectivity index (χ0) is 14.7. The molecule has 0 radical (unpaired) electrons. The van der Waals surface area contributed by atoms with Crippen molar-refractivity contribution in [2.24, 2.45) is 11.8 Å². The lowest BCUT2D eigenvalue weighted by molar-refractivity contribution is 0.0941. The Morgan fingerprint density at radius 2 is 2.00 bits per heavy atom. The summed E-state index contributed by atoms with van der Waals surface area (Å²) < 4.78 is 1.17. The molecule has 2 aromatic rings. The summed E-state index contributed by atoms with van der Waals surface area (Å²) in [5, 5.41) is 4.25. The van der Waals surface area contributed by atoms with E-state index in [-0.39, 0.29) is 5.91 Å². The van der Waals surface area contributed by atoms with Crippen LogP contribution in [0.5, 0.6) is 0 Å². The molecule has 1 aliphatic carbocycles. The first-order chi connectivity index (χ1) is 10.3. The summed E-state index contributed by atoms with van der Waals surface area (Å²) in [5.41, 5.74) is 0. The highest BCUT2D eigenvalue weighted by Crippen LogP contribution is 2.30. The summed E-state index contributed by atoms with van der Waals surface area (Å²) in [4.78, 5) is 13.1. The smallest absolute Gasteiger partial charge is 0.261 e. The van der Waals surface area contributed by atoms with E-state index in [0.29, 0.717) is 17.7 Å². The normalized spacial score (nSPS) is 22.3. The van der Waals surface area contributed by atoms with Crippen molar-refractivity contribution in [2.45, 2.75) is 25.7 Å². The van der Waals surface area contributed by atoms with Gasteiger partial charge in [0.05, 0.1) is 4.88 Å². The van der Waals surface area contributed by atoms with E-state index in [9.17, 15) is 4.79 Å². The van der Waals surface area contributed by atoms with Crippen LogP contribution in [0.1, 0.15) is 35.4 Å². The van der Waals surface area contributed by atoms with Crippen molar-refractivity contribution in [3.63, 3.8) is 0 Å². The second-order valence-electron chi connectivity index (χ2n) is 5.82. The number of nitrogens with one attached hydrogen (secondary N) is 1. The summed E-state index contributed by atoms with van der Waals surface area (Å²) in [6.07, 6.45) is 4.92. The number of carbonyl (C=O) groups excluding carboxylic acids is 1. The maximum atomic E-state index is 12.3. The Bertz CT molecular complexity index is 591.